The lowest BCUT2D eigenvalue weighted by molar-refractivity contribution is -0.870. The number of unbranched alkanes of at least 4 members (excludes halogenated alkanes) is 18. The molecule has 0 aromatic carbocycles. The Bertz CT molecular complexity index is 830. The van der Waals surface area contributed by atoms with Gasteiger partial charge in [0, 0.05) is 12.8 Å². The Balaban J connectivity index is 4.42. The van der Waals surface area contributed by atoms with Crippen molar-refractivity contribution < 1.29 is 42.1 Å². The maximum absolute atomic E-state index is 12.5. The van der Waals surface area contributed by atoms with Crippen LogP contribution in [0, 0.1) is 0 Å². The van der Waals surface area contributed by atoms with Crippen LogP contribution in [0.4, 0.5) is 0 Å². The van der Waals surface area contributed by atoms with Crippen LogP contribution in [0.25, 0.3) is 0 Å². The van der Waals surface area contributed by atoms with Gasteiger partial charge in [0.15, 0.2) is 6.10 Å². The molecular formula is C37H73NO8P+. The normalized spacial score (nSPS) is 13.9. The Morgan fingerprint density at radius 2 is 1.09 bits per heavy atom. The number of hydrogen-bond acceptors (Lipinski definition) is 7. The van der Waals surface area contributed by atoms with Crippen LogP contribution in [-0.4, -0.2) is 74.9 Å². The van der Waals surface area contributed by atoms with Gasteiger partial charge in [0.25, 0.3) is 0 Å². The van der Waals surface area contributed by atoms with Gasteiger partial charge in [-0.05, 0) is 38.5 Å². The molecule has 1 N–H and O–H groups in total. The predicted octanol–water partition coefficient (Wildman–Crippen LogP) is 9.85. The first-order chi connectivity index (χ1) is 22.5. The van der Waals surface area contributed by atoms with Gasteiger partial charge in [-0.1, -0.05) is 122 Å². The number of carbonyl (C=O) groups is 2. The fourth-order valence-corrected chi connectivity index (χ4v) is 5.75. The van der Waals surface area contributed by atoms with Crippen LogP contribution in [0.2, 0.25) is 0 Å². The molecule has 9 nitrogen and oxygen atoms in total. The first-order valence-electron chi connectivity index (χ1n) is 18.9. The van der Waals surface area contributed by atoms with Crippen molar-refractivity contribution in [1.29, 1.82) is 0 Å². The largest absolute Gasteiger partial charge is 0.472 e. The molecule has 0 aliphatic heterocycles. The summed E-state index contributed by atoms with van der Waals surface area (Å²) in [5, 5.41) is 0. The van der Waals surface area contributed by atoms with E-state index in [2.05, 4.69) is 26.0 Å². The smallest absolute Gasteiger partial charge is 0.462 e. The minimum atomic E-state index is -4.36. The number of phosphoric ester groups is 1. The third-order valence-electron chi connectivity index (χ3n) is 8.05. The molecule has 0 saturated carbocycles. The van der Waals surface area contributed by atoms with E-state index in [0.29, 0.717) is 17.4 Å². The maximum Gasteiger partial charge on any atom is 0.472 e. The number of allylic oxidation sites excluding steroid dienone is 2. The molecule has 0 radical (unpaired) electrons. The number of likely N-dealkylation sites (N-methyl/N-ethyl adjacent to an activating group) is 1. The molecule has 47 heavy (non-hydrogen) atoms. The molecule has 278 valence electrons. The summed E-state index contributed by atoms with van der Waals surface area (Å²) in [4.78, 5) is 35.1. The molecule has 0 aliphatic carbocycles. The summed E-state index contributed by atoms with van der Waals surface area (Å²) in [6, 6.07) is 0. The molecule has 2 atom stereocenters. The Hall–Kier alpha value is -1.25. The molecule has 0 fully saturated rings. The summed E-state index contributed by atoms with van der Waals surface area (Å²) in [5.41, 5.74) is 0. The van der Waals surface area contributed by atoms with Crippen molar-refractivity contribution in [2.45, 2.75) is 168 Å². The summed E-state index contributed by atoms with van der Waals surface area (Å²) < 4.78 is 34.1. The number of nitrogens with zero attached hydrogens (tertiary/aromatic N) is 1. The summed E-state index contributed by atoms with van der Waals surface area (Å²) in [7, 11) is 1.48. The standard InChI is InChI=1S/C37H72NO8P/c1-6-8-10-12-14-16-17-18-19-20-22-23-25-27-29-36(39)43-33-35(34-45-47(41,42)44-32-31-38(3,4)5)46-37(40)30-28-26-24-21-15-13-11-9-7-2/h17-18,35H,6-16,19-34H2,1-5H3/p+1/b18-17-/t35-/m1/s1. The quantitative estimate of drug-likeness (QED) is 0.0234. The van der Waals surface area contributed by atoms with Gasteiger partial charge >= 0.3 is 19.8 Å². The Labute approximate surface area is 288 Å². The van der Waals surface area contributed by atoms with Crippen LogP contribution in [0.5, 0.6) is 0 Å². The van der Waals surface area contributed by atoms with Gasteiger partial charge in [0.2, 0.25) is 0 Å². The van der Waals surface area contributed by atoms with Crippen molar-refractivity contribution in [1.82, 2.24) is 0 Å². The zero-order chi connectivity index (χ0) is 35.1. The van der Waals surface area contributed by atoms with Crippen molar-refractivity contribution in [3.8, 4) is 0 Å². The molecule has 0 rings (SSSR count). The molecule has 0 aliphatic rings. The third-order valence-corrected chi connectivity index (χ3v) is 9.03. The molecule has 0 spiro atoms. The van der Waals surface area contributed by atoms with E-state index in [0.717, 1.165) is 51.4 Å². The van der Waals surface area contributed by atoms with E-state index in [1.807, 2.05) is 21.1 Å². The molecule has 0 saturated heterocycles. The van der Waals surface area contributed by atoms with Gasteiger partial charge in [-0.15, -0.1) is 0 Å². The van der Waals surface area contributed by atoms with E-state index in [1.54, 1.807) is 0 Å². The Morgan fingerprint density at radius 3 is 1.57 bits per heavy atom. The number of phosphoric acid groups is 1. The number of esters is 2. The number of hydrogen-bond donors (Lipinski definition) is 1. The van der Waals surface area contributed by atoms with Crippen LogP contribution in [0.15, 0.2) is 12.2 Å². The van der Waals surface area contributed by atoms with E-state index < -0.39 is 26.5 Å². The minimum absolute atomic E-state index is 0.0330. The zero-order valence-corrected chi connectivity index (χ0v) is 31.9. The average molecular weight is 691 g/mol. The second-order valence-electron chi connectivity index (χ2n) is 14.0. The van der Waals surface area contributed by atoms with E-state index in [4.69, 9.17) is 18.5 Å². The second-order valence-corrected chi connectivity index (χ2v) is 15.4. The monoisotopic (exact) mass is 691 g/mol. The number of rotatable bonds is 34. The van der Waals surface area contributed by atoms with E-state index in [9.17, 15) is 19.0 Å². The van der Waals surface area contributed by atoms with Crippen molar-refractivity contribution in [3.05, 3.63) is 12.2 Å². The highest BCUT2D eigenvalue weighted by Crippen LogP contribution is 2.43. The van der Waals surface area contributed by atoms with Gasteiger partial charge in [-0.2, -0.15) is 0 Å². The van der Waals surface area contributed by atoms with Crippen LogP contribution in [0.3, 0.4) is 0 Å². The van der Waals surface area contributed by atoms with Gasteiger partial charge in [-0.3, -0.25) is 18.6 Å². The van der Waals surface area contributed by atoms with E-state index >= 15 is 0 Å². The van der Waals surface area contributed by atoms with E-state index in [1.165, 1.54) is 77.0 Å². The van der Waals surface area contributed by atoms with Gasteiger partial charge in [0.1, 0.15) is 19.8 Å². The number of carbonyl (C=O) groups excluding carboxylic acids is 2. The topological polar surface area (TPSA) is 108 Å². The van der Waals surface area contributed by atoms with E-state index in [-0.39, 0.29) is 32.0 Å². The Morgan fingerprint density at radius 1 is 0.638 bits per heavy atom. The lowest BCUT2D eigenvalue weighted by atomic mass is 10.1. The first kappa shape index (κ1) is 45.8. The summed E-state index contributed by atoms with van der Waals surface area (Å²) >= 11 is 0. The summed E-state index contributed by atoms with van der Waals surface area (Å²) in [5.74, 6) is -0.809. The zero-order valence-electron chi connectivity index (χ0n) is 31.0. The van der Waals surface area contributed by atoms with Gasteiger partial charge in [-0.25, -0.2) is 4.57 Å². The highest BCUT2D eigenvalue weighted by molar-refractivity contribution is 7.47. The van der Waals surface area contributed by atoms with Gasteiger partial charge in [0.05, 0.1) is 27.7 Å². The van der Waals surface area contributed by atoms with Crippen LogP contribution < -0.4 is 0 Å². The van der Waals surface area contributed by atoms with Crippen LogP contribution in [-0.2, 0) is 32.7 Å². The minimum Gasteiger partial charge on any atom is -0.462 e. The third kappa shape index (κ3) is 34.4. The summed E-state index contributed by atoms with van der Waals surface area (Å²) in [6.45, 7) is 4.37. The summed E-state index contributed by atoms with van der Waals surface area (Å²) in [6.07, 6.45) is 28.3. The molecule has 0 amide bonds. The van der Waals surface area contributed by atoms with Crippen LogP contribution in [0.1, 0.15) is 162 Å². The highest BCUT2D eigenvalue weighted by Gasteiger charge is 2.27. The van der Waals surface area contributed by atoms with Crippen LogP contribution >= 0.6 is 7.82 Å². The number of ether oxygens (including phenoxy) is 2. The molecule has 0 aromatic rings. The molecule has 10 heteroatoms. The average Bonchev–Trinajstić information content (AvgIpc) is 3.01. The Kier molecular flexibility index (Phi) is 30.0. The lowest BCUT2D eigenvalue weighted by Gasteiger charge is -2.24. The first-order valence-corrected chi connectivity index (χ1v) is 20.4. The van der Waals surface area contributed by atoms with Crippen molar-refractivity contribution in [3.63, 3.8) is 0 Å². The van der Waals surface area contributed by atoms with Gasteiger partial charge < -0.3 is 18.9 Å². The molecular weight excluding hydrogens is 617 g/mol. The molecule has 1 unspecified atom stereocenters. The SMILES string of the molecule is CCCCCCC/C=C\CCCCCCCC(=O)OC[C@H](COP(=O)(O)OCC[N+](C)(C)C)OC(=O)CCCCCCCCCCC. The fourth-order valence-electron chi connectivity index (χ4n) is 5.01. The maximum atomic E-state index is 12.5. The molecule has 0 heterocycles. The van der Waals surface area contributed by atoms with Crippen molar-refractivity contribution in [2.24, 2.45) is 0 Å². The predicted molar refractivity (Wildman–Crippen MR) is 192 cm³/mol. The molecule has 0 aromatic heterocycles. The fraction of sp³-hybridized carbons (Fsp3) is 0.892. The highest BCUT2D eigenvalue weighted by atomic mass is 31.2. The van der Waals surface area contributed by atoms with Crippen molar-refractivity contribution >= 4 is 19.8 Å². The molecule has 0 bridgehead atoms. The second kappa shape index (κ2) is 30.8. The van der Waals surface area contributed by atoms with Crippen molar-refractivity contribution in [2.75, 3.05) is 47.5 Å². The lowest BCUT2D eigenvalue weighted by Crippen LogP contribution is -2.37. The number of quaternary nitrogens is 1.